The van der Waals surface area contributed by atoms with Crippen molar-refractivity contribution in [3.63, 3.8) is 0 Å². The second-order valence-corrected chi connectivity index (χ2v) is 5.73. The van der Waals surface area contributed by atoms with E-state index >= 15 is 0 Å². The maximum atomic E-state index is 9.82. The molecule has 2 heteroatoms. The molecule has 2 nitrogen and oxygen atoms in total. The van der Waals surface area contributed by atoms with Crippen molar-refractivity contribution in [1.29, 1.82) is 0 Å². The van der Waals surface area contributed by atoms with Crippen LogP contribution < -0.4 is 0 Å². The van der Waals surface area contributed by atoms with Crippen LogP contribution in [-0.2, 0) is 15.9 Å². The van der Waals surface area contributed by atoms with Gasteiger partial charge in [0.15, 0.2) is 0 Å². The number of benzene rings is 2. The topological polar surface area (TPSA) is 29.5 Å². The lowest BCUT2D eigenvalue weighted by Gasteiger charge is -2.38. The molecule has 0 amide bonds. The number of hydrogen-bond donors (Lipinski definition) is 1. The molecular formula is C18H22O2. The Bertz CT molecular complexity index is 534. The van der Waals surface area contributed by atoms with E-state index in [2.05, 4.69) is 0 Å². The van der Waals surface area contributed by atoms with Gasteiger partial charge < -0.3 is 9.84 Å². The number of hydrogen-bond acceptors (Lipinski definition) is 2. The van der Waals surface area contributed by atoms with Gasteiger partial charge in [0.2, 0.25) is 0 Å². The standard InChI is InChI=1S/C18H22O2/c1-17(2,15-10-6-4-7-11-15)20-18(3,14-19)16-12-8-5-9-13-16/h4-13,19H,14H2,1-3H3. The minimum absolute atomic E-state index is 0.0622. The van der Waals surface area contributed by atoms with Crippen molar-refractivity contribution in [2.24, 2.45) is 0 Å². The van der Waals surface area contributed by atoms with Gasteiger partial charge in [0.05, 0.1) is 12.2 Å². The fourth-order valence-corrected chi connectivity index (χ4v) is 2.43. The highest BCUT2D eigenvalue weighted by Gasteiger charge is 2.35. The SMILES string of the molecule is CC(C)(OC(C)(CO)c1ccccc1)c1ccccc1. The van der Waals surface area contributed by atoms with Gasteiger partial charge in [0.1, 0.15) is 5.60 Å². The fraction of sp³-hybridized carbons (Fsp3) is 0.333. The van der Waals surface area contributed by atoms with Gasteiger partial charge in [-0.1, -0.05) is 60.7 Å². The van der Waals surface area contributed by atoms with E-state index in [0.717, 1.165) is 11.1 Å². The van der Waals surface area contributed by atoms with Crippen molar-refractivity contribution in [2.45, 2.75) is 32.0 Å². The van der Waals surface area contributed by atoms with Gasteiger partial charge in [-0.25, -0.2) is 0 Å². The van der Waals surface area contributed by atoms with Crippen molar-refractivity contribution in [3.8, 4) is 0 Å². The molecule has 1 unspecified atom stereocenters. The fourth-order valence-electron chi connectivity index (χ4n) is 2.43. The molecule has 0 aliphatic rings. The first-order valence-corrected chi connectivity index (χ1v) is 6.90. The molecule has 0 saturated carbocycles. The van der Waals surface area contributed by atoms with Crippen LogP contribution in [0.1, 0.15) is 31.9 Å². The van der Waals surface area contributed by atoms with Crippen LogP contribution in [0, 0.1) is 0 Å². The Labute approximate surface area is 121 Å². The summed E-state index contributed by atoms with van der Waals surface area (Å²) in [6.45, 7) is 5.92. The molecule has 0 saturated heterocycles. The highest BCUT2D eigenvalue weighted by molar-refractivity contribution is 5.25. The molecule has 106 valence electrons. The molecule has 2 aromatic carbocycles. The highest BCUT2D eigenvalue weighted by atomic mass is 16.5. The molecule has 0 spiro atoms. The minimum Gasteiger partial charge on any atom is -0.393 e. The number of aliphatic hydroxyl groups excluding tert-OH is 1. The van der Waals surface area contributed by atoms with E-state index in [0.29, 0.717) is 0 Å². The normalized spacial score (nSPS) is 14.8. The Hall–Kier alpha value is -1.64. The largest absolute Gasteiger partial charge is 0.393 e. The molecule has 1 N–H and O–H groups in total. The van der Waals surface area contributed by atoms with E-state index in [1.165, 1.54) is 0 Å². The lowest BCUT2D eigenvalue weighted by Crippen LogP contribution is -2.38. The third-order valence-corrected chi connectivity index (χ3v) is 3.64. The van der Waals surface area contributed by atoms with Crippen LogP contribution in [0.3, 0.4) is 0 Å². The van der Waals surface area contributed by atoms with Crippen LogP contribution >= 0.6 is 0 Å². The predicted molar refractivity (Wildman–Crippen MR) is 81.4 cm³/mol. The monoisotopic (exact) mass is 270 g/mol. The number of aliphatic hydroxyl groups is 1. The molecule has 20 heavy (non-hydrogen) atoms. The average molecular weight is 270 g/mol. The van der Waals surface area contributed by atoms with Crippen molar-refractivity contribution in [1.82, 2.24) is 0 Å². The Morgan fingerprint density at radius 1 is 0.800 bits per heavy atom. The van der Waals surface area contributed by atoms with Crippen molar-refractivity contribution in [2.75, 3.05) is 6.61 Å². The van der Waals surface area contributed by atoms with E-state index in [9.17, 15) is 5.11 Å². The van der Waals surface area contributed by atoms with Gasteiger partial charge in [0, 0.05) is 0 Å². The first-order chi connectivity index (χ1) is 9.48. The van der Waals surface area contributed by atoms with Gasteiger partial charge in [-0.3, -0.25) is 0 Å². The van der Waals surface area contributed by atoms with Gasteiger partial charge in [0.25, 0.3) is 0 Å². The molecule has 0 fully saturated rings. The molecule has 0 heterocycles. The Balaban J connectivity index is 2.30. The van der Waals surface area contributed by atoms with Crippen molar-refractivity contribution in [3.05, 3.63) is 71.8 Å². The van der Waals surface area contributed by atoms with Crippen LogP contribution in [0.2, 0.25) is 0 Å². The zero-order chi connectivity index (χ0) is 14.6. The zero-order valence-corrected chi connectivity index (χ0v) is 12.3. The van der Waals surface area contributed by atoms with Crippen LogP contribution in [0.15, 0.2) is 60.7 Å². The Morgan fingerprint density at radius 2 is 1.25 bits per heavy atom. The summed E-state index contributed by atoms with van der Waals surface area (Å²) in [4.78, 5) is 0. The van der Waals surface area contributed by atoms with Gasteiger partial charge in [-0.05, 0) is 31.9 Å². The zero-order valence-electron chi connectivity index (χ0n) is 12.3. The Morgan fingerprint density at radius 3 is 1.70 bits per heavy atom. The molecular weight excluding hydrogens is 248 g/mol. The molecule has 0 aliphatic heterocycles. The summed E-state index contributed by atoms with van der Waals surface area (Å²) in [6, 6.07) is 19.9. The van der Waals surface area contributed by atoms with E-state index in [-0.39, 0.29) is 6.61 Å². The molecule has 0 aromatic heterocycles. The maximum absolute atomic E-state index is 9.82. The van der Waals surface area contributed by atoms with E-state index in [4.69, 9.17) is 4.74 Å². The molecule has 0 radical (unpaired) electrons. The lowest BCUT2D eigenvalue weighted by atomic mass is 9.92. The second-order valence-electron chi connectivity index (χ2n) is 5.73. The number of rotatable bonds is 5. The van der Waals surface area contributed by atoms with E-state index in [1.807, 2.05) is 81.4 Å². The predicted octanol–water partition coefficient (Wildman–Crippen LogP) is 3.85. The quantitative estimate of drug-likeness (QED) is 0.894. The van der Waals surface area contributed by atoms with Crippen LogP contribution in [-0.4, -0.2) is 11.7 Å². The molecule has 0 bridgehead atoms. The first kappa shape index (κ1) is 14.8. The van der Waals surface area contributed by atoms with Crippen LogP contribution in [0.5, 0.6) is 0 Å². The molecule has 1 atom stereocenters. The summed E-state index contributed by atoms with van der Waals surface area (Å²) >= 11 is 0. The van der Waals surface area contributed by atoms with Gasteiger partial charge in [-0.15, -0.1) is 0 Å². The summed E-state index contributed by atoms with van der Waals surface area (Å²) < 4.78 is 6.30. The molecule has 2 aromatic rings. The summed E-state index contributed by atoms with van der Waals surface area (Å²) in [5.41, 5.74) is 0.872. The van der Waals surface area contributed by atoms with Crippen LogP contribution in [0.4, 0.5) is 0 Å². The average Bonchev–Trinajstić information content (AvgIpc) is 2.48. The van der Waals surface area contributed by atoms with E-state index < -0.39 is 11.2 Å². The smallest absolute Gasteiger partial charge is 0.114 e. The lowest BCUT2D eigenvalue weighted by molar-refractivity contribution is -0.161. The third kappa shape index (κ3) is 3.09. The van der Waals surface area contributed by atoms with E-state index in [1.54, 1.807) is 0 Å². The summed E-state index contributed by atoms with van der Waals surface area (Å²) in [7, 11) is 0. The van der Waals surface area contributed by atoms with Gasteiger partial charge >= 0.3 is 0 Å². The number of ether oxygens (including phenoxy) is 1. The first-order valence-electron chi connectivity index (χ1n) is 6.90. The third-order valence-electron chi connectivity index (χ3n) is 3.64. The summed E-state index contributed by atoms with van der Waals surface area (Å²) in [5, 5.41) is 9.82. The van der Waals surface area contributed by atoms with Gasteiger partial charge in [-0.2, -0.15) is 0 Å². The highest BCUT2D eigenvalue weighted by Crippen LogP contribution is 2.35. The summed E-state index contributed by atoms with van der Waals surface area (Å²) in [5.74, 6) is 0. The van der Waals surface area contributed by atoms with Crippen LogP contribution in [0.25, 0.3) is 0 Å². The second kappa shape index (κ2) is 5.78. The molecule has 0 aliphatic carbocycles. The molecule has 2 rings (SSSR count). The minimum atomic E-state index is -0.722. The maximum Gasteiger partial charge on any atom is 0.114 e. The summed E-state index contributed by atoms with van der Waals surface area (Å²) in [6.07, 6.45) is 0. The van der Waals surface area contributed by atoms with Crippen molar-refractivity contribution < 1.29 is 9.84 Å². The van der Waals surface area contributed by atoms with Crippen molar-refractivity contribution >= 4 is 0 Å². The Kier molecular flexibility index (Phi) is 4.26.